The molecule has 28 heavy (non-hydrogen) atoms. The molecule has 150 valence electrons. The van der Waals surface area contributed by atoms with E-state index >= 15 is 0 Å². The number of ether oxygens (including phenoxy) is 1. The van der Waals surface area contributed by atoms with Crippen molar-refractivity contribution in [2.24, 2.45) is 5.92 Å². The standard InChI is InChI=1S/C25H34N2O/c1-6-27(20(4)22-11-12-23(26-18-22)17-19(2)3)16-15-25(5)14-13-21-9-7-8-10-24(21)28-25/h7-12,18-19H,4,6,13-17H2,1-3,5H3. The molecule has 0 N–H and O–H groups in total. The Hall–Kier alpha value is -2.29. The summed E-state index contributed by atoms with van der Waals surface area (Å²) in [6.07, 6.45) is 6.10. The van der Waals surface area contributed by atoms with E-state index in [0.717, 1.165) is 61.5 Å². The molecule has 0 aliphatic carbocycles. The zero-order valence-corrected chi connectivity index (χ0v) is 17.9. The summed E-state index contributed by atoms with van der Waals surface area (Å²) in [6, 6.07) is 12.7. The van der Waals surface area contributed by atoms with E-state index in [1.54, 1.807) is 0 Å². The van der Waals surface area contributed by atoms with Gasteiger partial charge in [-0.05, 0) is 62.8 Å². The minimum atomic E-state index is -0.124. The first-order valence-corrected chi connectivity index (χ1v) is 10.6. The largest absolute Gasteiger partial charge is 0.487 e. The Morgan fingerprint density at radius 1 is 1.25 bits per heavy atom. The molecule has 0 saturated heterocycles. The number of hydrogen-bond donors (Lipinski definition) is 0. The first-order chi connectivity index (χ1) is 13.4. The monoisotopic (exact) mass is 378 g/mol. The lowest BCUT2D eigenvalue weighted by atomic mass is 9.89. The lowest BCUT2D eigenvalue weighted by Crippen LogP contribution is -2.39. The number of fused-ring (bicyclic) bond motifs is 1. The summed E-state index contributed by atoms with van der Waals surface area (Å²) in [4.78, 5) is 6.97. The molecule has 0 radical (unpaired) electrons. The first kappa shape index (κ1) is 20.4. The lowest BCUT2D eigenvalue weighted by molar-refractivity contribution is 0.0502. The Morgan fingerprint density at radius 3 is 2.71 bits per heavy atom. The van der Waals surface area contributed by atoms with Crippen LogP contribution in [0.25, 0.3) is 5.70 Å². The van der Waals surface area contributed by atoms with E-state index in [0.29, 0.717) is 5.92 Å². The number of aromatic nitrogens is 1. The lowest BCUT2D eigenvalue weighted by Gasteiger charge is -2.38. The molecule has 0 saturated carbocycles. The van der Waals surface area contributed by atoms with E-state index in [1.807, 2.05) is 6.20 Å². The van der Waals surface area contributed by atoms with Crippen LogP contribution >= 0.6 is 0 Å². The maximum Gasteiger partial charge on any atom is 0.123 e. The molecule has 0 bridgehead atoms. The van der Waals surface area contributed by atoms with Gasteiger partial charge in [-0.2, -0.15) is 0 Å². The van der Waals surface area contributed by atoms with E-state index in [4.69, 9.17) is 4.74 Å². The van der Waals surface area contributed by atoms with Gasteiger partial charge in [-0.3, -0.25) is 4.98 Å². The number of nitrogens with zero attached hydrogens (tertiary/aromatic N) is 2. The van der Waals surface area contributed by atoms with Crippen molar-refractivity contribution in [2.45, 2.75) is 59.0 Å². The molecule has 1 aromatic carbocycles. The van der Waals surface area contributed by atoms with E-state index < -0.39 is 0 Å². The van der Waals surface area contributed by atoms with Gasteiger partial charge in [-0.1, -0.05) is 38.6 Å². The van der Waals surface area contributed by atoms with Crippen LogP contribution in [-0.2, 0) is 12.8 Å². The predicted octanol–water partition coefficient (Wildman–Crippen LogP) is 5.75. The molecule has 2 aromatic rings. The summed E-state index contributed by atoms with van der Waals surface area (Å²) in [5.41, 5.74) is 4.50. The topological polar surface area (TPSA) is 25.4 Å². The van der Waals surface area contributed by atoms with Gasteiger partial charge in [-0.25, -0.2) is 0 Å². The van der Waals surface area contributed by atoms with Crippen molar-refractivity contribution in [3.8, 4) is 5.75 Å². The van der Waals surface area contributed by atoms with Crippen molar-refractivity contribution in [3.63, 3.8) is 0 Å². The fourth-order valence-corrected chi connectivity index (χ4v) is 3.87. The number of hydrogen-bond acceptors (Lipinski definition) is 3. The molecule has 1 aromatic heterocycles. The Labute approximate surface area is 170 Å². The van der Waals surface area contributed by atoms with E-state index in [9.17, 15) is 0 Å². The highest BCUT2D eigenvalue weighted by Crippen LogP contribution is 2.35. The maximum absolute atomic E-state index is 6.38. The normalized spacial score (nSPS) is 18.5. The Bertz CT molecular complexity index is 796. The van der Waals surface area contributed by atoms with Crippen LogP contribution < -0.4 is 4.74 Å². The van der Waals surface area contributed by atoms with E-state index in [1.165, 1.54) is 5.56 Å². The van der Waals surface area contributed by atoms with Gasteiger partial charge in [0.25, 0.3) is 0 Å². The van der Waals surface area contributed by atoms with Crippen molar-refractivity contribution in [1.29, 1.82) is 0 Å². The molecular formula is C25H34N2O. The summed E-state index contributed by atoms with van der Waals surface area (Å²) < 4.78 is 6.38. The quantitative estimate of drug-likeness (QED) is 0.585. The molecule has 1 atom stereocenters. The molecule has 0 spiro atoms. The SMILES string of the molecule is C=C(c1ccc(CC(C)C)nc1)N(CC)CCC1(C)CCc2ccccc2O1. The minimum Gasteiger partial charge on any atom is -0.487 e. The second kappa shape index (κ2) is 8.81. The predicted molar refractivity (Wildman–Crippen MR) is 117 cm³/mol. The smallest absolute Gasteiger partial charge is 0.123 e. The molecule has 2 heterocycles. The Balaban J connectivity index is 1.61. The number of pyridine rings is 1. The third-order valence-electron chi connectivity index (χ3n) is 5.70. The summed E-state index contributed by atoms with van der Waals surface area (Å²) >= 11 is 0. The van der Waals surface area contributed by atoms with Gasteiger partial charge >= 0.3 is 0 Å². The van der Waals surface area contributed by atoms with Crippen LogP contribution in [0.3, 0.4) is 0 Å². The summed E-state index contributed by atoms with van der Waals surface area (Å²) in [7, 11) is 0. The van der Waals surface area contributed by atoms with Crippen molar-refractivity contribution >= 4 is 5.70 Å². The average Bonchev–Trinajstić information content (AvgIpc) is 2.68. The summed E-state index contributed by atoms with van der Waals surface area (Å²) in [6.45, 7) is 15.1. The molecule has 1 aliphatic rings. The third kappa shape index (κ3) is 4.95. The van der Waals surface area contributed by atoms with Gasteiger partial charge in [0.2, 0.25) is 0 Å². The number of para-hydroxylation sites is 1. The van der Waals surface area contributed by atoms with Crippen LogP contribution in [0, 0.1) is 5.92 Å². The highest BCUT2D eigenvalue weighted by atomic mass is 16.5. The second-order valence-corrected chi connectivity index (χ2v) is 8.57. The first-order valence-electron chi connectivity index (χ1n) is 10.6. The van der Waals surface area contributed by atoms with Gasteiger partial charge in [0, 0.05) is 42.7 Å². The summed E-state index contributed by atoms with van der Waals surface area (Å²) in [5.74, 6) is 1.66. The van der Waals surface area contributed by atoms with Crippen LogP contribution in [0.4, 0.5) is 0 Å². The second-order valence-electron chi connectivity index (χ2n) is 8.57. The molecule has 3 heteroatoms. The van der Waals surface area contributed by atoms with Gasteiger partial charge in [0.15, 0.2) is 0 Å². The third-order valence-corrected chi connectivity index (χ3v) is 5.70. The number of benzene rings is 1. The van der Waals surface area contributed by atoms with Crippen LogP contribution in [0.15, 0.2) is 49.2 Å². The molecular weight excluding hydrogens is 344 g/mol. The minimum absolute atomic E-state index is 0.124. The fraction of sp³-hybridized carbons (Fsp3) is 0.480. The maximum atomic E-state index is 6.38. The molecule has 3 nitrogen and oxygen atoms in total. The van der Waals surface area contributed by atoms with Crippen LogP contribution in [0.5, 0.6) is 5.75 Å². The Kier molecular flexibility index (Phi) is 6.43. The van der Waals surface area contributed by atoms with Crippen molar-refractivity contribution in [1.82, 2.24) is 9.88 Å². The zero-order chi connectivity index (χ0) is 20.1. The van der Waals surface area contributed by atoms with Crippen molar-refractivity contribution in [3.05, 3.63) is 66.0 Å². The zero-order valence-electron chi connectivity index (χ0n) is 17.9. The fourth-order valence-electron chi connectivity index (χ4n) is 3.87. The van der Waals surface area contributed by atoms with Gasteiger partial charge in [0.05, 0.1) is 0 Å². The van der Waals surface area contributed by atoms with Crippen LogP contribution in [-0.4, -0.2) is 28.6 Å². The molecule has 0 amide bonds. The van der Waals surface area contributed by atoms with Gasteiger partial charge in [-0.15, -0.1) is 0 Å². The highest BCUT2D eigenvalue weighted by molar-refractivity contribution is 5.61. The number of aryl methyl sites for hydroxylation is 1. The van der Waals surface area contributed by atoms with E-state index in [2.05, 4.69) is 80.6 Å². The van der Waals surface area contributed by atoms with E-state index in [-0.39, 0.29) is 5.60 Å². The molecule has 1 aliphatic heterocycles. The Morgan fingerprint density at radius 2 is 2.04 bits per heavy atom. The van der Waals surface area contributed by atoms with Crippen LogP contribution in [0.2, 0.25) is 0 Å². The van der Waals surface area contributed by atoms with Gasteiger partial charge in [0.1, 0.15) is 11.4 Å². The number of rotatable bonds is 8. The van der Waals surface area contributed by atoms with Crippen LogP contribution in [0.1, 0.15) is 57.4 Å². The van der Waals surface area contributed by atoms with Crippen molar-refractivity contribution < 1.29 is 4.74 Å². The molecule has 0 fully saturated rings. The highest BCUT2D eigenvalue weighted by Gasteiger charge is 2.31. The molecule has 1 unspecified atom stereocenters. The van der Waals surface area contributed by atoms with Crippen molar-refractivity contribution in [2.75, 3.05) is 13.1 Å². The van der Waals surface area contributed by atoms with Gasteiger partial charge < -0.3 is 9.64 Å². The summed E-state index contributed by atoms with van der Waals surface area (Å²) in [5, 5.41) is 0. The average molecular weight is 379 g/mol. The molecule has 3 rings (SSSR count).